The van der Waals surface area contributed by atoms with Crippen LogP contribution in [0, 0.1) is 6.92 Å². The van der Waals surface area contributed by atoms with Crippen LogP contribution in [0.25, 0.3) is 11.2 Å². The SMILES string of the molecule is Cc1cc(Nc2ncnn3ccc(C4CC5CCC(C4)N5C(=O)O)c23)ccc1Oc1ccn2ncnc2c1. The zero-order valence-electron chi connectivity index (χ0n) is 20.7. The molecule has 2 aliphatic rings. The molecule has 0 aliphatic carbocycles. The zero-order chi connectivity index (χ0) is 25.8. The number of pyridine rings is 1. The quantitative estimate of drug-likeness (QED) is 0.339. The number of aryl methyl sites for hydroxylation is 1. The maximum atomic E-state index is 11.7. The van der Waals surface area contributed by atoms with E-state index in [4.69, 9.17) is 4.74 Å². The molecule has 11 heteroatoms. The Hall–Kier alpha value is -4.67. The van der Waals surface area contributed by atoms with Crippen LogP contribution in [0.1, 0.15) is 42.7 Å². The zero-order valence-corrected chi connectivity index (χ0v) is 20.7. The van der Waals surface area contributed by atoms with Gasteiger partial charge in [-0.25, -0.2) is 23.8 Å². The number of rotatable bonds is 5. The van der Waals surface area contributed by atoms with Crippen molar-refractivity contribution in [2.45, 2.75) is 50.6 Å². The topological polar surface area (TPSA) is 122 Å². The Morgan fingerprint density at radius 1 is 1.00 bits per heavy atom. The number of carbonyl (C=O) groups is 1. The van der Waals surface area contributed by atoms with Crippen LogP contribution < -0.4 is 10.1 Å². The molecule has 192 valence electrons. The number of hydrogen-bond donors (Lipinski definition) is 2. The highest BCUT2D eigenvalue weighted by molar-refractivity contribution is 5.77. The summed E-state index contributed by atoms with van der Waals surface area (Å²) in [5.74, 6) is 2.42. The summed E-state index contributed by atoms with van der Waals surface area (Å²) >= 11 is 0. The lowest BCUT2D eigenvalue weighted by atomic mass is 9.85. The van der Waals surface area contributed by atoms with Crippen molar-refractivity contribution in [3.63, 3.8) is 0 Å². The van der Waals surface area contributed by atoms with E-state index in [0.29, 0.717) is 5.75 Å². The van der Waals surface area contributed by atoms with Gasteiger partial charge in [-0.3, -0.25) is 0 Å². The first kappa shape index (κ1) is 22.5. The number of amides is 1. The maximum Gasteiger partial charge on any atom is 0.407 e. The van der Waals surface area contributed by atoms with Crippen molar-refractivity contribution < 1.29 is 14.6 Å². The van der Waals surface area contributed by atoms with Crippen molar-refractivity contribution in [2.75, 3.05) is 5.32 Å². The third kappa shape index (κ3) is 3.78. The van der Waals surface area contributed by atoms with Crippen LogP contribution in [0.15, 0.2) is 61.4 Å². The summed E-state index contributed by atoms with van der Waals surface area (Å²) in [4.78, 5) is 22.2. The predicted octanol–water partition coefficient (Wildman–Crippen LogP) is 5.00. The van der Waals surface area contributed by atoms with Gasteiger partial charge in [0.25, 0.3) is 0 Å². The van der Waals surface area contributed by atoms with Gasteiger partial charge in [0.15, 0.2) is 11.5 Å². The van der Waals surface area contributed by atoms with Crippen LogP contribution in [0.3, 0.4) is 0 Å². The summed E-state index contributed by atoms with van der Waals surface area (Å²) in [7, 11) is 0. The number of carboxylic acid groups (broad SMARTS) is 1. The summed E-state index contributed by atoms with van der Waals surface area (Å²) in [5, 5.41) is 21.7. The highest BCUT2D eigenvalue weighted by atomic mass is 16.5. The van der Waals surface area contributed by atoms with Crippen LogP contribution in [0.4, 0.5) is 16.3 Å². The van der Waals surface area contributed by atoms with Crippen molar-refractivity contribution >= 4 is 28.8 Å². The minimum absolute atomic E-state index is 0.0768. The van der Waals surface area contributed by atoms with E-state index in [1.807, 2.05) is 54.2 Å². The molecule has 2 fully saturated rings. The molecule has 0 spiro atoms. The molecule has 2 aliphatic heterocycles. The first-order valence-electron chi connectivity index (χ1n) is 12.7. The van der Waals surface area contributed by atoms with Crippen LogP contribution in [-0.4, -0.2) is 57.4 Å². The molecule has 5 aromatic rings. The van der Waals surface area contributed by atoms with E-state index < -0.39 is 6.09 Å². The van der Waals surface area contributed by atoms with E-state index in [-0.39, 0.29) is 18.0 Å². The fourth-order valence-electron chi connectivity index (χ4n) is 6.11. The predicted molar refractivity (Wildman–Crippen MR) is 139 cm³/mol. The Bertz CT molecular complexity index is 1660. The van der Waals surface area contributed by atoms with Gasteiger partial charge >= 0.3 is 6.09 Å². The van der Waals surface area contributed by atoms with Gasteiger partial charge in [0.05, 0.1) is 0 Å². The lowest BCUT2D eigenvalue weighted by Gasteiger charge is -2.37. The van der Waals surface area contributed by atoms with Crippen molar-refractivity contribution in [3.05, 3.63) is 72.6 Å². The second-order valence-corrected chi connectivity index (χ2v) is 10.0. The van der Waals surface area contributed by atoms with E-state index in [1.54, 1.807) is 15.7 Å². The number of aromatic nitrogens is 6. The molecule has 7 rings (SSSR count). The Labute approximate surface area is 217 Å². The molecule has 11 nitrogen and oxygen atoms in total. The number of hydrogen-bond acceptors (Lipinski definition) is 7. The Balaban J connectivity index is 1.15. The third-order valence-electron chi connectivity index (χ3n) is 7.80. The molecule has 0 radical (unpaired) electrons. The highest BCUT2D eigenvalue weighted by Gasteiger charge is 2.44. The average Bonchev–Trinajstić information content (AvgIpc) is 3.62. The Morgan fingerprint density at radius 2 is 1.76 bits per heavy atom. The molecule has 0 saturated carbocycles. The van der Waals surface area contributed by atoms with Crippen molar-refractivity contribution in [1.29, 1.82) is 0 Å². The molecule has 2 atom stereocenters. The van der Waals surface area contributed by atoms with Crippen molar-refractivity contribution in [3.8, 4) is 11.5 Å². The smallest absolute Gasteiger partial charge is 0.407 e. The number of nitrogens with zero attached hydrogens (tertiary/aromatic N) is 7. The molecule has 4 aromatic heterocycles. The minimum Gasteiger partial charge on any atom is -0.465 e. The molecule has 1 amide bonds. The summed E-state index contributed by atoms with van der Waals surface area (Å²) < 4.78 is 9.65. The summed E-state index contributed by atoms with van der Waals surface area (Å²) in [5.41, 5.74) is 4.66. The number of benzene rings is 1. The fraction of sp³-hybridized carbons (Fsp3) is 0.296. The highest BCUT2D eigenvalue weighted by Crippen LogP contribution is 2.45. The fourth-order valence-corrected chi connectivity index (χ4v) is 6.11. The van der Waals surface area contributed by atoms with Gasteiger partial charge in [-0.15, -0.1) is 0 Å². The molecular formula is C27H26N8O3. The van der Waals surface area contributed by atoms with Gasteiger partial charge < -0.3 is 20.1 Å². The Kier molecular flexibility index (Phi) is 5.17. The van der Waals surface area contributed by atoms with E-state index >= 15 is 0 Å². The number of piperidine rings is 1. The number of nitrogens with one attached hydrogen (secondary N) is 1. The second kappa shape index (κ2) is 8.72. The van der Waals surface area contributed by atoms with Crippen LogP contribution in [0.5, 0.6) is 11.5 Å². The van der Waals surface area contributed by atoms with Crippen LogP contribution >= 0.6 is 0 Å². The first-order valence-corrected chi connectivity index (χ1v) is 12.7. The van der Waals surface area contributed by atoms with Crippen molar-refractivity contribution in [2.24, 2.45) is 0 Å². The van der Waals surface area contributed by atoms with Gasteiger partial charge in [-0.2, -0.15) is 10.2 Å². The summed E-state index contributed by atoms with van der Waals surface area (Å²) in [6.45, 7) is 2.00. The van der Waals surface area contributed by atoms with Crippen molar-refractivity contribution in [1.82, 2.24) is 34.1 Å². The number of fused-ring (bicyclic) bond motifs is 4. The van der Waals surface area contributed by atoms with Crippen LogP contribution in [0.2, 0.25) is 0 Å². The molecular weight excluding hydrogens is 484 g/mol. The molecule has 2 N–H and O–H groups in total. The van der Waals surface area contributed by atoms with Gasteiger partial charge in [-0.1, -0.05) is 0 Å². The van der Waals surface area contributed by atoms with Gasteiger partial charge in [0, 0.05) is 36.2 Å². The molecule has 2 saturated heterocycles. The largest absolute Gasteiger partial charge is 0.465 e. The third-order valence-corrected chi connectivity index (χ3v) is 7.80. The van der Waals surface area contributed by atoms with E-state index in [0.717, 1.165) is 65.2 Å². The standard InChI is InChI=1S/C27H26N8O3/c1-16-10-18(2-5-23(16)38-21-6-8-33-24(13-21)28-14-30-33)32-26-25-22(7-9-34(25)31-15-29-26)17-11-19-3-4-20(12-17)35(19)27(36)37/h2,5-10,13-15,17,19-20H,3-4,11-12H2,1H3,(H,36,37)(H,29,31,32). The van der Waals surface area contributed by atoms with Gasteiger partial charge in [0.1, 0.15) is 29.7 Å². The summed E-state index contributed by atoms with van der Waals surface area (Å²) in [6, 6.07) is 11.9. The monoisotopic (exact) mass is 510 g/mol. The molecule has 6 heterocycles. The van der Waals surface area contributed by atoms with Gasteiger partial charge in [0.2, 0.25) is 0 Å². The first-order chi connectivity index (χ1) is 18.5. The lowest BCUT2D eigenvalue weighted by molar-refractivity contribution is 0.0967. The normalized spacial score (nSPS) is 20.8. The average molecular weight is 511 g/mol. The molecule has 1 aromatic carbocycles. The second-order valence-electron chi connectivity index (χ2n) is 10.0. The molecule has 38 heavy (non-hydrogen) atoms. The molecule has 2 unspecified atom stereocenters. The number of ether oxygens (including phenoxy) is 1. The molecule has 2 bridgehead atoms. The minimum atomic E-state index is -0.801. The summed E-state index contributed by atoms with van der Waals surface area (Å²) in [6.07, 6.45) is 9.53. The number of anilines is 2. The van der Waals surface area contributed by atoms with Gasteiger partial charge in [-0.05, 0) is 80.0 Å². The maximum absolute atomic E-state index is 11.7. The Morgan fingerprint density at radius 3 is 2.55 bits per heavy atom. The van der Waals surface area contributed by atoms with E-state index in [1.165, 1.54) is 6.33 Å². The lowest BCUT2D eigenvalue weighted by Crippen LogP contribution is -2.45. The van der Waals surface area contributed by atoms with E-state index in [9.17, 15) is 9.90 Å². The van der Waals surface area contributed by atoms with Crippen LogP contribution in [-0.2, 0) is 0 Å². The van der Waals surface area contributed by atoms with E-state index in [2.05, 4.69) is 31.5 Å².